The number of hydrogen-bond acceptors (Lipinski definition) is 3. The van der Waals surface area contributed by atoms with Gasteiger partial charge in [-0.2, -0.15) is 0 Å². The molecule has 2 aliphatic rings. The van der Waals surface area contributed by atoms with Gasteiger partial charge in [0.25, 0.3) is 0 Å². The average molecular weight is 301 g/mol. The normalized spacial score (nSPS) is 21.8. The van der Waals surface area contributed by atoms with E-state index in [1.54, 1.807) is 6.42 Å². The molecule has 0 aromatic rings. The second-order valence-electron chi connectivity index (χ2n) is 4.41. The van der Waals surface area contributed by atoms with Crippen LogP contribution in [0.4, 0.5) is 0 Å². The Hall–Kier alpha value is 0.464. The molecule has 0 aromatic carbocycles. The fourth-order valence-corrected chi connectivity index (χ4v) is 1.66. The van der Waals surface area contributed by atoms with Crippen LogP contribution < -0.4 is 0 Å². The molecule has 2 aliphatic carbocycles. The summed E-state index contributed by atoms with van der Waals surface area (Å²) in [5.74, 6) is 1.57. The van der Waals surface area contributed by atoms with Crippen molar-refractivity contribution in [3.63, 3.8) is 0 Å². The van der Waals surface area contributed by atoms with E-state index in [4.69, 9.17) is 10.0 Å². The molecule has 10 radical (unpaired) electrons. The second kappa shape index (κ2) is 10.2. The van der Waals surface area contributed by atoms with Crippen LogP contribution in [0, 0.1) is 63.1 Å². The van der Waals surface area contributed by atoms with Crippen LogP contribution >= 0.6 is 0 Å². The Balaban J connectivity index is 0.000000454. The van der Waals surface area contributed by atoms with Crippen LogP contribution in [0.25, 0.3) is 0 Å². The topological polar surface area (TPSA) is 43.7 Å². The predicted octanol–water partition coefficient (Wildman–Crippen LogP) is 0.743. The first kappa shape index (κ1) is 19.5. The summed E-state index contributed by atoms with van der Waals surface area (Å²) in [5, 5.41) is 18.1. The van der Waals surface area contributed by atoms with Gasteiger partial charge in [0, 0.05) is 17.8 Å². The molecule has 1 atom stereocenters. The molecule has 2 saturated carbocycles. The Bertz CT molecular complexity index is 218. The van der Waals surface area contributed by atoms with Gasteiger partial charge in [0.15, 0.2) is 0 Å². The minimum atomic E-state index is -1.37. The SMILES string of the molecule is C[C@@H]([C]1[CH][CH][CH][C]1B(O)O)N(C)C.[CH]1[CH][CH][CH][CH]1.[Fe+2]. The number of nitrogens with zero attached hydrogens (tertiary/aromatic N) is 1. The van der Waals surface area contributed by atoms with Crippen molar-refractivity contribution < 1.29 is 27.1 Å². The van der Waals surface area contributed by atoms with E-state index in [0.717, 1.165) is 5.92 Å². The molecule has 0 saturated heterocycles. The largest absolute Gasteiger partial charge is 2.00 e. The fourth-order valence-electron chi connectivity index (χ4n) is 1.66. The fraction of sp³-hybridized carbons (Fsp3) is 0.286. The number of rotatable bonds is 3. The molecule has 0 heterocycles. The molecule has 5 heteroatoms. The summed E-state index contributed by atoms with van der Waals surface area (Å²) in [6.45, 7) is 2.03. The first-order chi connectivity index (χ1) is 8.54. The Kier molecular flexibility index (Phi) is 10.5. The van der Waals surface area contributed by atoms with Gasteiger partial charge in [-0.15, -0.1) is 0 Å². The van der Waals surface area contributed by atoms with Crippen LogP contribution in [0.2, 0.25) is 0 Å². The van der Waals surface area contributed by atoms with Crippen molar-refractivity contribution in [2.75, 3.05) is 14.1 Å². The third-order valence-electron chi connectivity index (χ3n) is 2.94. The van der Waals surface area contributed by atoms with Crippen molar-refractivity contribution in [1.82, 2.24) is 4.90 Å². The van der Waals surface area contributed by atoms with Crippen LogP contribution in [0.3, 0.4) is 0 Å². The molecule has 0 amide bonds. The van der Waals surface area contributed by atoms with E-state index in [9.17, 15) is 0 Å². The monoisotopic (exact) mass is 301 g/mol. The molecule has 19 heavy (non-hydrogen) atoms. The van der Waals surface area contributed by atoms with Crippen molar-refractivity contribution >= 4 is 7.12 Å². The molecule has 0 bridgehead atoms. The summed E-state index contributed by atoms with van der Waals surface area (Å²) in [7, 11) is 2.56. The standard InChI is InChI=1S/C9H15BNO2.C5H5.Fe/c1-7(11(2)3)8-5-4-6-9(8)10(12)13;1-2-4-5-3-1;/h4-7,12-13H,1-3H3;1-5H;/q;;+2/t7-;;/m0../s1. The van der Waals surface area contributed by atoms with Crippen molar-refractivity contribution in [1.29, 1.82) is 0 Å². The molecular formula is C14H20BFeNO2+2. The van der Waals surface area contributed by atoms with E-state index in [1.807, 2.05) is 70.9 Å². The van der Waals surface area contributed by atoms with Gasteiger partial charge in [0.05, 0.1) is 0 Å². The summed E-state index contributed by atoms with van der Waals surface area (Å²) < 4.78 is 0. The van der Waals surface area contributed by atoms with Crippen molar-refractivity contribution in [3.8, 4) is 0 Å². The third-order valence-corrected chi connectivity index (χ3v) is 2.94. The Morgan fingerprint density at radius 2 is 1.42 bits per heavy atom. The molecule has 0 aliphatic heterocycles. The molecule has 2 fully saturated rings. The first-order valence-corrected chi connectivity index (χ1v) is 5.98. The zero-order valence-corrected chi connectivity index (χ0v) is 12.6. The van der Waals surface area contributed by atoms with Crippen LogP contribution in [-0.2, 0) is 17.1 Å². The molecule has 0 unspecified atom stereocenters. The smallest absolute Gasteiger partial charge is 0.427 e. The van der Waals surface area contributed by atoms with Gasteiger partial charge >= 0.3 is 24.2 Å². The van der Waals surface area contributed by atoms with Crippen LogP contribution in [0.1, 0.15) is 6.92 Å². The van der Waals surface area contributed by atoms with Crippen molar-refractivity contribution in [2.24, 2.45) is 0 Å². The molecule has 2 rings (SSSR count). The maximum absolute atomic E-state index is 9.06. The summed E-state index contributed by atoms with van der Waals surface area (Å²) in [6, 6.07) is 0.201. The third kappa shape index (κ3) is 6.64. The summed E-state index contributed by atoms with van der Waals surface area (Å²) in [6.07, 6.45) is 15.5. The van der Waals surface area contributed by atoms with E-state index in [1.165, 1.54) is 0 Å². The maximum Gasteiger partial charge on any atom is 2.00 e. The molecule has 0 spiro atoms. The van der Waals surface area contributed by atoms with E-state index in [0.29, 0.717) is 5.82 Å². The minimum absolute atomic E-state index is 0. The predicted molar refractivity (Wildman–Crippen MR) is 74.2 cm³/mol. The molecule has 3 nitrogen and oxygen atoms in total. The summed E-state index contributed by atoms with van der Waals surface area (Å²) in [5.41, 5.74) is 0. The Morgan fingerprint density at radius 3 is 1.79 bits per heavy atom. The Morgan fingerprint density at radius 1 is 0.947 bits per heavy atom. The first-order valence-electron chi connectivity index (χ1n) is 5.98. The van der Waals surface area contributed by atoms with Gasteiger partial charge < -0.3 is 14.9 Å². The van der Waals surface area contributed by atoms with E-state index in [2.05, 4.69) is 0 Å². The van der Waals surface area contributed by atoms with Crippen molar-refractivity contribution in [3.05, 3.63) is 63.1 Å². The van der Waals surface area contributed by atoms with E-state index in [-0.39, 0.29) is 23.1 Å². The summed E-state index contributed by atoms with van der Waals surface area (Å²) >= 11 is 0. The van der Waals surface area contributed by atoms with Crippen LogP contribution in [0.5, 0.6) is 0 Å². The maximum atomic E-state index is 9.06. The summed E-state index contributed by atoms with van der Waals surface area (Å²) in [4.78, 5) is 2.03. The van der Waals surface area contributed by atoms with E-state index >= 15 is 0 Å². The number of hydrogen-bond donors (Lipinski definition) is 2. The second-order valence-corrected chi connectivity index (χ2v) is 4.41. The van der Waals surface area contributed by atoms with E-state index < -0.39 is 7.12 Å². The Labute approximate surface area is 129 Å². The minimum Gasteiger partial charge on any atom is -0.427 e. The zero-order valence-electron chi connectivity index (χ0n) is 11.5. The molecule has 102 valence electrons. The van der Waals surface area contributed by atoms with Crippen LogP contribution in [-0.4, -0.2) is 42.2 Å². The van der Waals surface area contributed by atoms with Gasteiger partial charge in [-0.3, -0.25) is 0 Å². The van der Waals surface area contributed by atoms with Gasteiger partial charge in [0.2, 0.25) is 0 Å². The van der Waals surface area contributed by atoms with Gasteiger partial charge in [-0.25, -0.2) is 0 Å². The quantitative estimate of drug-likeness (QED) is 0.756. The van der Waals surface area contributed by atoms with Crippen LogP contribution in [0.15, 0.2) is 0 Å². The molecule has 0 aromatic heterocycles. The average Bonchev–Trinajstić information content (AvgIpc) is 3.01. The molecular weight excluding hydrogens is 281 g/mol. The van der Waals surface area contributed by atoms with Gasteiger partial charge in [0.1, 0.15) is 0 Å². The van der Waals surface area contributed by atoms with Gasteiger partial charge in [-0.1, -0.05) is 0 Å². The van der Waals surface area contributed by atoms with Gasteiger partial charge in [-0.05, 0) is 72.4 Å². The zero-order chi connectivity index (χ0) is 13.5. The van der Waals surface area contributed by atoms with Crippen molar-refractivity contribution in [2.45, 2.75) is 13.0 Å². The molecule has 2 N–H and O–H groups in total.